The zero-order valence-corrected chi connectivity index (χ0v) is 10.3. The third kappa shape index (κ3) is 4.31. The normalized spacial score (nSPS) is 11.3. The highest BCUT2D eigenvalue weighted by atomic mass is 16.5. The van der Waals surface area contributed by atoms with Crippen LogP contribution in [0.3, 0.4) is 0 Å². The summed E-state index contributed by atoms with van der Waals surface area (Å²) in [4.78, 5) is 10.9. The van der Waals surface area contributed by atoms with Crippen molar-refractivity contribution in [2.75, 3.05) is 6.61 Å². The van der Waals surface area contributed by atoms with Crippen molar-refractivity contribution in [3.63, 3.8) is 0 Å². The van der Waals surface area contributed by atoms with Crippen molar-refractivity contribution in [2.24, 2.45) is 0 Å². The van der Waals surface area contributed by atoms with E-state index >= 15 is 0 Å². The molecule has 0 unspecified atom stereocenters. The van der Waals surface area contributed by atoms with Gasteiger partial charge in [0.1, 0.15) is 17.9 Å². The molecule has 17 heavy (non-hydrogen) atoms. The number of hydrogen-bond donors (Lipinski definition) is 1. The lowest BCUT2D eigenvalue weighted by molar-refractivity contribution is 0.0693. The van der Waals surface area contributed by atoms with Gasteiger partial charge in [0, 0.05) is 0 Å². The van der Waals surface area contributed by atoms with E-state index in [1.807, 2.05) is 6.08 Å². The lowest BCUT2D eigenvalue weighted by Crippen LogP contribution is -2.03. The lowest BCUT2D eigenvalue weighted by Gasteiger charge is -2.07. The van der Waals surface area contributed by atoms with Crippen LogP contribution >= 0.6 is 0 Å². The summed E-state index contributed by atoms with van der Waals surface area (Å²) in [6, 6.07) is 6.67. The Balaban J connectivity index is 2.63. The summed E-state index contributed by atoms with van der Waals surface area (Å²) in [5, 5.41) is 8.96. The van der Waals surface area contributed by atoms with Crippen molar-refractivity contribution in [3.05, 3.63) is 41.5 Å². The Bertz CT molecular complexity index is 408. The fraction of sp³-hybridized carbons (Fsp3) is 0.357. The van der Waals surface area contributed by atoms with Crippen LogP contribution in [0.2, 0.25) is 0 Å². The molecule has 0 aliphatic carbocycles. The molecule has 0 atom stereocenters. The van der Waals surface area contributed by atoms with E-state index in [1.54, 1.807) is 24.3 Å². The van der Waals surface area contributed by atoms with Crippen LogP contribution in [0, 0.1) is 0 Å². The number of allylic oxidation sites excluding steroid dienone is 1. The van der Waals surface area contributed by atoms with E-state index in [1.165, 1.54) is 5.57 Å². The number of aromatic carboxylic acids is 1. The molecule has 92 valence electrons. The standard InChI is InChI=1S/C14H18O3/c1-3-6-11(2)9-10-17-13-8-5-4-7-12(13)14(15)16/h4-5,7-9H,3,6,10H2,1-2H3,(H,15,16). The predicted molar refractivity (Wildman–Crippen MR) is 67.6 cm³/mol. The van der Waals surface area contributed by atoms with E-state index in [9.17, 15) is 4.79 Å². The maximum Gasteiger partial charge on any atom is 0.339 e. The van der Waals surface area contributed by atoms with Gasteiger partial charge in [-0.3, -0.25) is 0 Å². The predicted octanol–water partition coefficient (Wildman–Crippen LogP) is 3.51. The number of para-hydroxylation sites is 1. The monoisotopic (exact) mass is 234 g/mol. The Morgan fingerprint density at radius 1 is 1.41 bits per heavy atom. The molecular formula is C14H18O3. The van der Waals surface area contributed by atoms with Crippen LogP contribution in [0.15, 0.2) is 35.9 Å². The highest BCUT2D eigenvalue weighted by molar-refractivity contribution is 5.90. The van der Waals surface area contributed by atoms with Gasteiger partial charge in [0.15, 0.2) is 0 Å². The molecule has 3 nitrogen and oxygen atoms in total. The van der Waals surface area contributed by atoms with E-state index in [0.717, 1.165) is 12.8 Å². The maximum absolute atomic E-state index is 10.9. The van der Waals surface area contributed by atoms with Crippen LogP contribution < -0.4 is 4.74 Å². The van der Waals surface area contributed by atoms with Gasteiger partial charge >= 0.3 is 5.97 Å². The van der Waals surface area contributed by atoms with Crippen LogP contribution in [0.4, 0.5) is 0 Å². The fourth-order valence-electron chi connectivity index (χ4n) is 1.54. The molecule has 0 fully saturated rings. The van der Waals surface area contributed by atoms with E-state index in [0.29, 0.717) is 12.4 Å². The molecule has 0 aromatic heterocycles. The van der Waals surface area contributed by atoms with Crippen molar-refractivity contribution in [3.8, 4) is 5.75 Å². The topological polar surface area (TPSA) is 46.5 Å². The third-order valence-electron chi connectivity index (χ3n) is 2.43. The van der Waals surface area contributed by atoms with Gasteiger partial charge in [0.05, 0.1) is 0 Å². The molecule has 1 N–H and O–H groups in total. The average Bonchev–Trinajstić information content (AvgIpc) is 2.30. The molecule has 0 heterocycles. The number of carboxylic acid groups (broad SMARTS) is 1. The van der Waals surface area contributed by atoms with Gasteiger partial charge in [-0.15, -0.1) is 0 Å². The van der Waals surface area contributed by atoms with E-state index in [2.05, 4.69) is 13.8 Å². The molecule has 1 rings (SSSR count). The van der Waals surface area contributed by atoms with Gasteiger partial charge in [-0.05, 0) is 31.6 Å². The van der Waals surface area contributed by atoms with Crippen LogP contribution in [0.25, 0.3) is 0 Å². The number of ether oxygens (including phenoxy) is 1. The van der Waals surface area contributed by atoms with Crippen molar-refractivity contribution in [1.29, 1.82) is 0 Å². The Hall–Kier alpha value is -1.77. The summed E-state index contributed by atoms with van der Waals surface area (Å²) >= 11 is 0. The summed E-state index contributed by atoms with van der Waals surface area (Å²) < 4.78 is 5.46. The summed E-state index contributed by atoms with van der Waals surface area (Å²) in [5.41, 5.74) is 1.47. The average molecular weight is 234 g/mol. The van der Waals surface area contributed by atoms with Gasteiger partial charge in [-0.1, -0.05) is 31.1 Å². The smallest absolute Gasteiger partial charge is 0.339 e. The molecule has 0 aliphatic heterocycles. The van der Waals surface area contributed by atoms with Crippen molar-refractivity contribution in [1.82, 2.24) is 0 Å². The molecule has 0 saturated carbocycles. The molecule has 0 radical (unpaired) electrons. The van der Waals surface area contributed by atoms with Crippen LogP contribution in [0.1, 0.15) is 37.0 Å². The van der Waals surface area contributed by atoms with Crippen molar-refractivity contribution in [2.45, 2.75) is 26.7 Å². The van der Waals surface area contributed by atoms with Crippen LogP contribution in [-0.2, 0) is 0 Å². The first kappa shape index (κ1) is 13.3. The van der Waals surface area contributed by atoms with E-state index in [4.69, 9.17) is 9.84 Å². The highest BCUT2D eigenvalue weighted by Crippen LogP contribution is 2.17. The molecule has 0 saturated heterocycles. The van der Waals surface area contributed by atoms with Gasteiger partial charge < -0.3 is 9.84 Å². The molecule has 0 amide bonds. The minimum absolute atomic E-state index is 0.203. The Morgan fingerprint density at radius 3 is 2.76 bits per heavy atom. The maximum atomic E-state index is 10.9. The third-order valence-corrected chi connectivity index (χ3v) is 2.43. The first-order valence-electron chi connectivity index (χ1n) is 5.76. The molecule has 0 aliphatic rings. The van der Waals surface area contributed by atoms with E-state index in [-0.39, 0.29) is 5.56 Å². The first-order valence-corrected chi connectivity index (χ1v) is 5.76. The second kappa shape index (κ2) is 6.74. The molecule has 1 aromatic carbocycles. The van der Waals surface area contributed by atoms with Gasteiger partial charge in [0.25, 0.3) is 0 Å². The van der Waals surface area contributed by atoms with E-state index < -0.39 is 5.97 Å². The quantitative estimate of drug-likeness (QED) is 0.766. The number of carboxylic acids is 1. The Morgan fingerprint density at radius 2 is 2.12 bits per heavy atom. The second-order valence-corrected chi connectivity index (χ2v) is 3.91. The fourth-order valence-corrected chi connectivity index (χ4v) is 1.54. The number of carbonyl (C=O) groups is 1. The zero-order valence-electron chi connectivity index (χ0n) is 10.3. The van der Waals surface area contributed by atoms with Crippen LogP contribution in [-0.4, -0.2) is 17.7 Å². The lowest BCUT2D eigenvalue weighted by atomic mass is 10.2. The largest absolute Gasteiger partial charge is 0.489 e. The second-order valence-electron chi connectivity index (χ2n) is 3.91. The Kier molecular flexibility index (Phi) is 5.27. The molecule has 3 heteroatoms. The molecule has 1 aromatic rings. The van der Waals surface area contributed by atoms with Crippen molar-refractivity contribution >= 4 is 5.97 Å². The number of benzene rings is 1. The first-order chi connectivity index (χ1) is 8.15. The van der Waals surface area contributed by atoms with Gasteiger partial charge in [0.2, 0.25) is 0 Å². The summed E-state index contributed by atoms with van der Waals surface area (Å²) in [5.74, 6) is -0.546. The SMILES string of the molecule is CCCC(C)=CCOc1ccccc1C(=O)O. The Labute approximate surface area is 102 Å². The summed E-state index contributed by atoms with van der Waals surface area (Å²) in [6.07, 6.45) is 4.14. The number of hydrogen-bond acceptors (Lipinski definition) is 2. The molecular weight excluding hydrogens is 216 g/mol. The summed E-state index contributed by atoms with van der Waals surface area (Å²) in [6.45, 7) is 4.59. The molecule has 0 spiro atoms. The van der Waals surface area contributed by atoms with Gasteiger partial charge in [-0.25, -0.2) is 4.79 Å². The van der Waals surface area contributed by atoms with Crippen molar-refractivity contribution < 1.29 is 14.6 Å². The number of rotatable bonds is 6. The minimum Gasteiger partial charge on any atom is -0.489 e. The molecule has 0 bridgehead atoms. The minimum atomic E-state index is -0.963. The van der Waals surface area contributed by atoms with Gasteiger partial charge in [-0.2, -0.15) is 0 Å². The zero-order chi connectivity index (χ0) is 12.7. The highest BCUT2D eigenvalue weighted by Gasteiger charge is 2.09. The van der Waals surface area contributed by atoms with Crippen LogP contribution in [0.5, 0.6) is 5.75 Å². The summed E-state index contributed by atoms with van der Waals surface area (Å²) in [7, 11) is 0.